The summed E-state index contributed by atoms with van der Waals surface area (Å²) in [4.78, 5) is 14.4. The molecule has 0 aliphatic heterocycles. The van der Waals surface area contributed by atoms with E-state index in [1.807, 2.05) is 36.1 Å². The van der Waals surface area contributed by atoms with Gasteiger partial charge in [0.15, 0.2) is 0 Å². The average molecular weight is 291 g/mol. The summed E-state index contributed by atoms with van der Waals surface area (Å²) >= 11 is 0. The lowest BCUT2D eigenvalue weighted by Crippen LogP contribution is -2.46. The van der Waals surface area contributed by atoms with E-state index in [4.69, 9.17) is 10.5 Å². The van der Waals surface area contributed by atoms with Crippen LogP contribution in [0.15, 0.2) is 24.3 Å². The average Bonchev–Trinajstić information content (AvgIpc) is 2.50. The summed E-state index contributed by atoms with van der Waals surface area (Å²) in [6, 6.07) is 7.95. The van der Waals surface area contributed by atoms with Crippen LogP contribution in [0.4, 0.5) is 10.5 Å². The maximum Gasteiger partial charge on any atom is 0.322 e. The Morgan fingerprint density at radius 2 is 2.10 bits per heavy atom. The van der Waals surface area contributed by atoms with E-state index < -0.39 is 0 Å². The highest BCUT2D eigenvalue weighted by Gasteiger charge is 2.26. The number of anilines is 1. The van der Waals surface area contributed by atoms with Gasteiger partial charge in [-0.05, 0) is 44.7 Å². The minimum absolute atomic E-state index is 0.0498. The van der Waals surface area contributed by atoms with Crippen molar-refractivity contribution < 1.29 is 9.53 Å². The second kappa shape index (κ2) is 7.31. The van der Waals surface area contributed by atoms with Crippen LogP contribution in [0.5, 0.6) is 5.75 Å². The number of carbonyl (C=O) groups excluding carboxylic acids is 1. The first-order valence-corrected chi connectivity index (χ1v) is 7.61. The van der Waals surface area contributed by atoms with Gasteiger partial charge in [-0.1, -0.05) is 6.07 Å². The van der Waals surface area contributed by atoms with Crippen molar-refractivity contribution >= 4 is 11.7 Å². The first-order chi connectivity index (χ1) is 10.1. The van der Waals surface area contributed by atoms with Gasteiger partial charge in [0.25, 0.3) is 0 Å². The molecule has 1 aromatic carbocycles. The summed E-state index contributed by atoms with van der Waals surface area (Å²) in [5.41, 5.74) is 6.69. The molecule has 1 aliphatic carbocycles. The van der Waals surface area contributed by atoms with Gasteiger partial charge in [-0.2, -0.15) is 0 Å². The first kappa shape index (κ1) is 15.6. The molecule has 0 aromatic heterocycles. The van der Waals surface area contributed by atoms with Crippen LogP contribution in [0.3, 0.4) is 0 Å². The van der Waals surface area contributed by atoms with Gasteiger partial charge in [0.05, 0.1) is 7.11 Å². The van der Waals surface area contributed by atoms with Crippen molar-refractivity contribution in [3.8, 4) is 5.75 Å². The number of nitrogens with zero attached hydrogens (tertiary/aromatic N) is 1. The molecule has 0 atom stereocenters. The SMILES string of the molecule is CCN(C(=O)Nc1cccc(OC)c1)C1CCC(N)CC1. The van der Waals surface area contributed by atoms with Crippen LogP contribution >= 0.6 is 0 Å². The number of rotatable bonds is 4. The molecule has 0 radical (unpaired) electrons. The monoisotopic (exact) mass is 291 g/mol. The number of nitrogens with one attached hydrogen (secondary N) is 1. The lowest BCUT2D eigenvalue weighted by atomic mass is 9.91. The van der Waals surface area contributed by atoms with Gasteiger partial charge in [0.1, 0.15) is 5.75 Å². The molecule has 5 nitrogen and oxygen atoms in total. The summed E-state index contributed by atoms with van der Waals surface area (Å²) in [5, 5.41) is 2.95. The number of ether oxygens (including phenoxy) is 1. The number of benzene rings is 1. The lowest BCUT2D eigenvalue weighted by Gasteiger charge is -2.35. The zero-order valence-corrected chi connectivity index (χ0v) is 12.8. The highest BCUT2D eigenvalue weighted by Crippen LogP contribution is 2.23. The standard InChI is InChI=1S/C16H25N3O2/c1-3-19(14-9-7-12(17)8-10-14)16(20)18-13-5-4-6-15(11-13)21-2/h4-6,11-12,14H,3,7-10,17H2,1-2H3,(H,18,20). The molecule has 2 amide bonds. The van der Waals surface area contributed by atoms with Gasteiger partial charge in [-0.3, -0.25) is 0 Å². The van der Waals surface area contributed by atoms with Crippen LogP contribution in [0.25, 0.3) is 0 Å². The largest absolute Gasteiger partial charge is 0.497 e. The van der Waals surface area contributed by atoms with Gasteiger partial charge in [0.2, 0.25) is 0 Å². The van der Waals surface area contributed by atoms with Crippen LogP contribution in [-0.4, -0.2) is 36.7 Å². The number of amides is 2. The molecule has 21 heavy (non-hydrogen) atoms. The minimum Gasteiger partial charge on any atom is -0.497 e. The smallest absolute Gasteiger partial charge is 0.322 e. The van der Waals surface area contributed by atoms with Gasteiger partial charge >= 0.3 is 6.03 Å². The summed E-state index contributed by atoms with van der Waals surface area (Å²) in [6.07, 6.45) is 3.96. The Kier molecular flexibility index (Phi) is 5.44. The van der Waals surface area contributed by atoms with E-state index in [1.165, 1.54) is 0 Å². The fraction of sp³-hybridized carbons (Fsp3) is 0.562. The molecule has 1 aliphatic rings. The third kappa shape index (κ3) is 4.11. The highest BCUT2D eigenvalue weighted by atomic mass is 16.5. The van der Waals surface area contributed by atoms with E-state index >= 15 is 0 Å². The molecule has 1 saturated carbocycles. The van der Waals surface area contributed by atoms with Crippen molar-refractivity contribution in [1.82, 2.24) is 4.90 Å². The lowest BCUT2D eigenvalue weighted by molar-refractivity contribution is 0.167. The molecule has 0 spiro atoms. The van der Waals surface area contributed by atoms with Crippen LogP contribution in [0, 0.1) is 0 Å². The van der Waals surface area contributed by atoms with E-state index in [0.717, 1.165) is 37.1 Å². The number of methoxy groups -OCH3 is 1. The summed E-state index contributed by atoms with van der Waals surface area (Å²) in [7, 11) is 1.62. The highest BCUT2D eigenvalue weighted by molar-refractivity contribution is 5.89. The van der Waals surface area contributed by atoms with Crippen molar-refractivity contribution in [2.45, 2.75) is 44.7 Å². The van der Waals surface area contributed by atoms with Gasteiger partial charge in [-0.15, -0.1) is 0 Å². The fourth-order valence-electron chi connectivity index (χ4n) is 2.88. The predicted molar refractivity (Wildman–Crippen MR) is 84.6 cm³/mol. The van der Waals surface area contributed by atoms with Gasteiger partial charge < -0.3 is 20.7 Å². The summed E-state index contributed by atoms with van der Waals surface area (Å²) < 4.78 is 5.17. The van der Waals surface area contributed by atoms with Gasteiger partial charge in [-0.25, -0.2) is 4.79 Å². The van der Waals surface area contributed by atoms with Crippen molar-refractivity contribution in [3.05, 3.63) is 24.3 Å². The Morgan fingerprint density at radius 3 is 2.71 bits per heavy atom. The Labute approximate surface area is 126 Å². The van der Waals surface area contributed by atoms with Crippen LogP contribution in [0.2, 0.25) is 0 Å². The first-order valence-electron chi connectivity index (χ1n) is 7.61. The van der Waals surface area contributed by atoms with Crippen molar-refractivity contribution in [2.75, 3.05) is 19.0 Å². The van der Waals surface area contributed by atoms with E-state index in [0.29, 0.717) is 18.6 Å². The fourth-order valence-corrected chi connectivity index (χ4v) is 2.88. The second-order valence-electron chi connectivity index (χ2n) is 5.52. The van der Waals surface area contributed by atoms with Gasteiger partial charge in [0, 0.05) is 30.4 Å². The van der Waals surface area contributed by atoms with E-state index in [-0.39, 0.29) is 6.03 Å². The number of urea groups is 1. The molecule has 0 saturated heterocycles. The Balaban J connectivity index is 1.99. The molecule has 1 aromatic rings. The van der Waals surface area contributed by atoms with Crippen molar-refractivity contribution in [1.29, 1.82) is 0 Å². The molecular weight excluding hydrogens is 266 g/mol. The van der Waals surface area contributed by atoms with Crippen LogP contribution in [-0.2, 0) is 0 Å². The maximum absolute atomic E-state index is 12.5. The van der Waals surface area contributed by atoms with Crippen molar-refractivity contribution in [2.24, 2.45) is 5.73 Å². The summed E-state index contributed by atoms with van der Waals surface area (Å²) in [6.45, 7) is 2.72. The Morgan fingerprint density at radius 1 is 1.38 bits per heavy atom. The molecule has 1 fully saturated rings. The predicted octanol–water partition coefficient (Wildman–Crippen LogP) is 2.82. The third-order valence-corrected chi connectivity index (χ3v) is 4.10. The zero-order valence-electron chi connectivity index (χ0n) is 12.8. The quantitative estimate of drug-likeness (QED) is 0.896. The van der Waals surface area contributed by atoms with Crippen LogP contribution in [0.1, 0.15) is 32.6 Å². The normalized spacial score (nSPS) is 21.7. The number of hydrogen-bond donors (Lipinski definition) is 2. The zero-order chi connectivity index (χ0) is 15.2. The number of hydrogen-bond acceptors (Lipinski definition) is 3. The van der Waals surface area contributed by atoms with E-state index in [1.54, 1.807) is 7.11 Å². The molecule has 0 unspecified atom stereocenters. The molecule has 3 N–H and O–H groups in total. The van der Waals surface area contributed by atoms with E-state index in [9.17, 15) is 4.79 Å². The van der Waals surface area contributed by atoms with E-state index in [2.05, 4.69) is 5.32 Å². The molecule has 116 valence electrons. The molecule has 5 heteroatoms. The Hall–Kier alpha value is -1.75. The number of carbonyl (C=O) groups is 1. The Bertz CT molecular complexity index is 470. The topological polar surface area (TPSA) is 67.6 Å². The third-order valence-electron chi connectivity index (χ3n) is 4.10. The van der Waals surface area contributed by atoms with Crippen molar-refractivity contribution in [3.63, 3.8) is 0 Å². The molecule has 0 heterocycles. The molecule has 2 rings (SSSR count). The maximum atomic E-state index is 12.5. The molecular formula is C16H25N3O2. The second-order valence-corrected chi connectivity index (χ2v) is 5.52. The number of nitrogens with two attached hydrogens (primary N) is 1. The van der Waals surface area contributed by atoms with Crippen LogP contribution < -0.4 is 15.8 Å². The molecule has 0 bridgehead atoms. The minimum atomic E-state index is -0.0498. The summed E-state index contributed by atoms with van der Waals surface area (Å²) in [5.74, 6) is 0.736.